The number of likely N-dealkylation sites (tertiary alicyclic amines) is 1. The first-order valence-corrected chi connectivity index (χ1v) is 15.2. The molecule has 2 atom stereocenters. The van der Waals surface area contributed by atoms with Gasteiger partial charge < -0.3 is 15.5 Å². The minimum atomic E-state index is 0.0955. The summed E-state index contributed by atoms with van der Waals surface area (Å²) in [6, 6.07) is 12.9. The summed E-state index contributed by atoms with van der Waals surface area (Å²) in [6.07, 6.45) is 7.69. The van der Waals surface area contributed by atoms with Crippen LogP contribution in [0.2, 0.25) is 0 Å². The molecule has 0 bridgehead atoms. The van der Waals surface area contributed by atoms with E-state index in [0.29, 0.717) is 35.9 Å². The van der Waals surface area contributed by atoms with Crippen molar-refractivity contribution in [2.45, 2.75) is 56.4 Å². The number of anilines is 2. The molecule has 3 aromatic heterocycles. The summed E-state index contributed by atoms with van der Waals surface area (Å²) in [5.74, 6) is 2.00. The molecule has 1 aliphatic carbocycles. The largest absolute Gasteiger partial charge is 0.324 e. The van der Waals surface area contributed by atoms with E-state index < -0.39 is 0 Å². The van der Waals surface area contributed by atoms with Crippen molar-refractivity contribution in [3.63, 3.8) is 0 Å². The van der Waals surface area contributed by atoms with Gasteiger partial charge in [-0.25, -0.2) is 4.98 Å². The Kier molecular flexibility index (Phi) is 6.70. The van der Waals surface area contributed by atoms with Crippen LogP contribution in [-0.2, 0) is 6.54 Å². The van der Waals surface area contributed by atoms with E-state index >= 15 is 0 Å². The SMILES string of the molecule is CN1CCCC(c2ccc(Nc3ncc4cc(C5CC5)c(=O)n(Cc5ccsc5C5CCNC5)c4n3)cc2)C1. The van der Waals surface area contributed by atoms with E-state index in [4.69, 9.17) is 4.98 Å². The van der Waals surface area contributed by atoms with Crippen LogP contribution in [0.15, 0.2) is 52.8 Å². The highest BCUT2D eigenvalue weighted by atomic mass is 32.1. The summed E-state index contributed by atoms with van der Waals surface area (Å²) in [6.45, 7) is 4.92. The summed E-state index contributed by atoms with van der Waals surface area (Å²) < 4.78 is 1.90. The number of thiophene rings is 1. The number of aromatic nitrogens is 3. The first-order valence-electron chi connectivity index (χ1n) is 14.4. The van der Waals surface area contributed by atoms with Gasteiger partial charge >= 0.3 is 0 Å². The van der Waals surface area contributed by atoms with Crippen LogP contribution >= 0.6 is 11.3 Å². The molecule has 1 saturated carbocycles. The van der Waals surface area contributed by atoms with E-state index in [1.165, 1.54) is 35.4 Å². The van der Waals surface area contributed by atoms with Gasteiger partial charge in [0.2, 0.25) is 5.95 Å². The molecule has 4 aromatic rings. The zero-order chi connectivity index (χ0) is 26.3. The maximum absolute atomic E-state index is 13.8. The van der Waals surface area contributed by atoms with Crippen LogP contribution < -0.4 is 16.2 Å². The summed E-state index contributed by atoms with van der Waals surface area (Å²) in [7, 11) is 2.21. The second kappa shape index (κ2) is 10.5. The molecule has 7 nitrogen and oxygen atoms in total. The number of hydrogen-bond acceptors (Lipinski definition) is 7. The third-order valence-electron chi connectivity index (χ3n) is 8.67. The molecule has 2 N–H and O–H groups in total. The van der Waals surface area contributed by atoms with E-state index in [2.05, 4.69) is 63.3 Å². The molecule has 5 heterocycles. The average molecular weight is 541 g/mol. The molecule has 1 aromatic carbocycles. The highest BCUT2D eigenvalue weighted by Crippen LogP contribution is 2.39. The Bertz CT molecular complexity index is 1530. The van der Waals surface area contributed by atoms with Gasteiger partial charge in [0, 0.05) is 46.7 Å². The minimum Gasteiger partial charge on any atom is -0.324 e. The third kappa shape index (κ3) is 5.13. The predicted octanol–water partition coefficient (Wildman–Crippen LogP) is 5.41. The number of hydrogen-bond donors (Lipinski definition) is 2. The van der Waals surface area contributed by atoms with Crippen molar-refractivity contribution < 1.29 is 0 Å². The molecule has 2 saturated heterocycles. The first kappa shape index (κ1) is 24.9. The Morgan fingerprint density at radius 3 is 2.72 bits per heavy atom. The Labute approximate surface area is 233 Å². The standard InChI is InChI=1S/C31H36N6OS/c1-36-13-2-3-23(18-36)20-6-8-26(9-7-20)34-31-33-17-25-15-27(21-4-5-21)30(38)37(29(25)35-31)19-24-11-14-39-28(24)22-10-12-32-16-22/h6-9,11,14-15,17,21-23,32H,2-5,10,12-13,16,18-19H2,1H3,(H,33,34,35). The fraction of sp³-hybridized carbons (Fsp3) is 0.452. The molecule has 0 amide bonds. The highest BCUT2D eigenvalue weighted by molar-refractivity contribution is 7.10. The Hall–Kier alpha value is -3.07. The van der Waals surface area contributed by atoms with Crippen molar-refractivity contribution in [3.8, 4) is 0 Å². The lowest BCUT2D eigenvalue weighted by molar-refractivity contribution is 0.251. The second-order valence-electron chi connectivity index (χ2n) is 11.6. The van der Waals surface area contributed by atoms with Crippen LogP contribution in [0.1, 0.15) is 71.4 Å². The third-order valence-corrected chi connectivity index (χ3v) is 9.80. The topological polar surface area (TPSA) is 75.1 Å². The number of pyridine rings is 1. The number of fused-ring (bicyclic) bond motifs is 1. The van der Waals surface area contributed by atoms with Gasteiger partial charge in [-0.2, -0.15) is 4.98 Å². The van der Waals surface area contributed by atoms with Crippen molar-refractivity contribution in [1.82, 2.24) is 24.8 Å². The van der Waals surface area contributed by atoms with Crippen LogP contribution in [0.3, 0.4) is 0 Å². The lowest BCUT2D eigenvalue weighted by Crippen LogP contribution is -2.30. The number of rotatable bonds is 7. The number of nitrogens with one attached hydrogen (secondary N) is 2. The van der Waals surface area contributed by atoms with Crippen molar-refractivity contribution in [2.24, 2.45) is 0 Å². The summed E-state index contributed by atoms with van der Waals surface area (Å²) in [5.41, 5.74) is 5.29. The van der Waals surface area contributed by atoms with E-state index in [1.807, 2.05) is 28.2 Å². The van der Waals surface area contributed by atoms with Gasteiger partial charge in [-0.05, 0) is 105 Å². The average Bonchev–Trinajstić information content (AvgIpc) is 3.44. The zero-order valence-corrected chi connectivity index (χ0v) is 23.3. The maximum Gasteiger partial charge on any atom is 0.256 e. The van der Waals surface area contributed by atoms with Crippen molar-refractivity contribution >= 4 is 34.0 Å². The smallest absolute Gasteiger partial charge is 0.256 e. The number of nitrogens with zero attached hydrogens (tertiary/aromatic N) is 4. The van der Waals surface area contributed by atoms with E-state index in [9.17, 15) is 4.79 Å². The molecule has 2 unspecified atom stereocenters. The Morgan fingerprint density at radius 1 is 1.08 bits per heavy atom. The van der Waals surface area contributed by atoms with Crippen molar-refractivity contribution in [1.29, 1.82) is 0 Å². The van der Waals surface area contributed by atoms with E-state index in [1.54, 1.807) is 0 Å². The van der Waals surface area contributed by atoms with Gasteiger partial charge in [0.1, 0.15) is 5.65 Å². The van der Waals surface area contributed by atoms with Crippen LogP contribution in [0, 0.1) is 0 Å². The van der Waals surface area contributed by atoms with Crippen molar-refractivity contribution in [3.05, 3.63) is 79.9 Å². The minimum absolute atomic E-state index is 0.0955. The van der Waals surface area contributed by atoms with Crippen LogP contribution in [-0.4, -0.2) is 52.7 Å². The van der Waals surface area contributed by atoms with E-state index in [-0.39, 0.29) is 5.56 Å². The molecule has 3 aliphatic rings. The van der Waals surface area contributed by atoms with Crippen LogP contribution in [0.25, 0.3) is 11.0 Å². The highest BCUT2D eigenvalue weighted by Gasteiger charge is 2.29. The van der Waals surface area contributed by atoms with Crippen LogP contribution in [0.5, 0.6) is 0 Å². The van der Waals surface area contributed by atoms with Gasteiger partial charge in [-0.3, -0.25) is 9.36 Å². The predicted molar refractivity (Wildman–Crippen MR) is 159 cm³/mol. The molecule has 2 aliphatic heterocycles. The molecular formula is C31H36N6OS. The van der Waals surface area contributed by atoms with Gasteiger partial charge in [-0.1, -0.05) is 12.1 Å². The molecule has 202 valence electrons. The first-order chi connectivity index (χ1) is 19.1. The zero-order valence-electron chi connectivity index (χ0n) is 22.5. The molecule has 8 heteroatoms. The molecular weight excluding hydrogens is 504 g/mol. The fourth-order valence-corrected chi connectivity index (χ4v) is 7.42. The lowest BCUT2D eigenvalue weighted by Gasteiger charge is -2.30. The molecule has 3 fully saturated rings. The number of benzene rings is 1. The maximum atomic E-state index is 13.8. The number of likely N-dealkylation sites (N-methyl/N-ethyl adjacent to an activating group) is 1. The van der Waals surface area contributed by atoms with E-state index in [0.717, 1.165) is 55.5 Å². The van der Waals surface area contributed by atoms with Gasteiger partial charge in [0.15, 0.2) is 0 Å². The summed E-state index contributed by atoms with van der Waals surface area (Å²) in [5, 5.41) is 9.97. The summed E-state index contributed by atoms with van der Waals surface area (Å²) in [4.78, 5) is 27.1. The molecule has 0 radical (unpaired) electrons. The van der Waals surface area contributed by atoms with Gasteiger partial charge in [-0.15, -0.1) is 11.3 Å². The molecule has 0 spiro atoms. The quantitative estimate of drug-likeness (QED) is 0.327. The van der Waals surface area contributed by atoms with Gasteiger partial charge in [0.05, 0.1) is 6.54 Å². The van der Waals surface area contributed by atoms with Gasteiger partial charge in [0.25, 0.3) is 5.56 Å². The summed E-state index contributed by atoms with van der Waals surface area (Å²) >= 11 is 1.81. The Morgan fingerprint density at radius 2 is 1.95 bits per heavy atom. The normalized spacial score (nSPS) is 22.0. The monoisotopic (exact) mass is 540 g/mol. The Balaban J connectivity index is 1.20. The molecule has 7 rings (SSSR count). The van der Waals surface area contributed by atoms with Crippen molar-refractivity contribution in [2.75, 3.05) is 38.5 Å². The number of piperidine rings is 1. The lowest BCUT2D eigenvalue weighted by atomic mass is 9.91. The second-order valence-corrected chi connectivity index (χ2v) is 12.5. The fourth-order valence-electron chi connectivity index (χ4n) is 6.37. The molecule has 39 heavy (non-hydrogen) atoms. The van der Waals surface area contributed by atoms with Crippen LogP contribution in [0.4, 0.5) is 11.6 Å².